The number of anilines is 1. The molecule has 2 aromatic carbocycles. The van der Waals surface area contributed by atoms with Crippen LogP contribution < -0.4 is 4.90 Å². The van der Waals surface area contributed by atoms with Gasteiger partial charge in [-0.05, 0) is 60.5 Å². The monoisotopic (exact) mass is 417 g/mol. The molecule has 2 heterocycles. The molecule has 1 unspecified atom stereocenters. The van der Waals surface area contributed by atoms with Crippen LogP contribution in [-0.2, 0) is 16.0 Å². The first-order chi connectivity index (χ1) is 14.4. The van der Waals surface area contributed by atoms with Crippen molar-refractivity contribution in [3.8, 4) is 0 Å². The Morgan fingerprint density at radius 1 is 1.03 bits per heavy atom. The van der Waals surface area contributed by atoms with Gasteiger partial charge in [0.1, 0.15) is 11.8 Å². The molecule has 0 bridgehead atoms. The van der Waals surface area contributed by atoms with Gasteiger partial charge in [0.2, 0.25) is 0 Å². The third-order valence-corrected chi connectivity index (χ3v) is 6.59. The Bertz CT molecular complexity index is 1140. The fraction of sp³-hybridized carbons (Fsp3) is 0.200. The van der Waals surface area contributed by atoms with Crippen molar-refractivity contribution in [1.82, 2.24) is 0 Å². The highest BCUT2D eigenvalue weighted by atomic mass is 32.1. The SMILES string of the molecule is CCc1ccc(/C(O)=C2/C(=O)C(=O)N(c3ccc(C)c(C)c3)C2c2cccs2)cc1. The zero-order valence-electron chi connectivity index (χ0n) is 17.2. The van der Waals surface area contributed by atoms with Crippen LogP contribution in [-0.4, -0.2) is 16.8 Å². The average Bonchev–Trinajstić information content (AvgIpc) is 3.37. The van der Waals surface area contributed by atoms with Crippen LogP contribution in [0.1, 0.15) is 40.1 Å². The lowest BCUT2D eigenvalue weighted by molar-refractivity contribution is -0.132. The van der Waals surface area contributed by atoms with Crippen LogP contribution in [0.2, 0.25) is 0 Å². The van der Waals surface area contributed by atoms with Crippen molar-refractivity contribution >= 4 is 34.5 Å². The van der Waals surface area contributed by atoms with E-state index in [0.29, 0.717) is 11.3 Å². The Labute approximate surface area is 180 Å². The summed E-state index contributed by atoms with van der Waals surface area (Å²) >= 11 is 1.46. The van der Waals surface area contributed by atoms with Crippen molar-refractivity contribution in [1.29, 1.82) is 0 Å². The first-order valence-electron chi connectivity index (χ1n) is 9.93. The van der Waals surface area contributed by atoms with Crippen molar-refractivity contribution in [2.45, 2.75) is 33.2 Å². The van der Waals surface area contributed by atoms with E-state index in [1.807, 2.05) is 61.7 Å². The molecule has 5 heteroatoms. The number of Topliss-reactive ketones (excluding diaryl/α,β-unsaturated/α-hetero) is 1. The lowest BCUT2D eigenvalue weighted by atomic mass is 9.98. The second-order valence-electron chi connectivity index (χ2n) is 7.50. The molecule has 0 radical (unpaired) electrons. The number of hydrogen-bond donors (Lipinski definition) is 1. The number of carbonyl (C=O) groups is 2. The molecule has 4 rings (SSSR count). The number of carbonyl (C=O) groups excluding carboxylic acids is 2. The summed E-state index contributed by atoms with van der Waals surface area (Å²) in [5.41, 5.74) is 4.60. The Kier molecular flexibility index (Phi) is 5.31. The number of aliphatic hydroxyl groups is 1. The summed E-state index contributed by atoms with van der Waals surface area (Å²) in [5.74, 6) is -1.42. The predicted octanol–water partition coefficient (Wildman–Crippen LogP) is 5.55. The molecular weight excluding hydrogens is 394 g/mol. The molecule has 152 valence electrons. The topological polar surface area (TPSA) is 57.6 Å². The number of thiophene rings is 1. The summed E-state index contributed by atoms with van der Waals surface area (Å²) in [7, 11) is 0. The maximum Gasteiger partial charge on any atom is 0.300 e. The van der Waals surface area contributed by atoms with E-state index in [1.54, 1.807) is 12.1 Å². The number of amides is 1. The number of benzene rings is 2. The van der Waals surface area contributed by atoms with E-state index in [-0.39, 0.29) is 11.3 Å². The van der Waals surface area contributed by atoms with Crippen LogP contribution in [0.4, 0.5) is 5.69 Å². The van der Waals surface area contributed by atoms with Gasteiger partial charge in [0.15, 0.2) is 0 Å². The molecule has 1 amide bonds. The number of rotatable bonds is 4. The molecule has 0 spiro atoms. The largest absolute Gasteiger partial charge is 0.507 e. The predicted molar refractivity (Wildman–Crippen MR) is 121 cm³/mol. The summed E-state index contributed by atoms with van der Waals surface area (Å²) in [5, 5.41) is 13.0. The lowest BCUT2D eigenvalue weighted by Gasteiger charge is -2.24. The molecule has 1 fully saturated rings. The molecule has 0 aliphatic carbocycles. The Morgan fingerprint density at radius 3 is 2.37 bits per heavy atom. The molecule has 0 saturated carbocycles. The van der Waals surface area contributed by atoms with Crippen molar-refractivity contribution in [2.75, 3.05) is 4.90 Å². The van der Waals surface area contributed by atoms with Gasteiger partial charge in [0, 0.05) is 16.1 Å². The molecule has 1 saturated heterocycles. The Hall–Kier alpha value is -3.18. The van der Waals surface area contributed by atoms with Gasteiger partial charge < -0.3 is 5.11 Å². The summed E-state index contributed by atoms with van der Waals surface area (Å²) < 4.78 is 0. The highest BCUT2D eigenvalue weighted by molar-refractivity contribution is 7.10. The van der Waals surface area contributed by atoms with Crippen molar-refractivity contribution in [2.24, 2.45) is 0 Å². The maximum atomic E-state index is 13.1. The number of nitrogens with zero attached hydrogens (tertiary/aromatic N) is 1. The van der Waals surface area contributed by atoms with Gasteiger partial charge in [-0.15, -0.1) is 11.3 Å². The van der Waals surface area contributed by atoms with E-state index >= 15 is 0 Å². The minimum absolute atomic E-state index is 0.130. The van der Waals surface area contributed by atoms with Crippen molar-refractivity contribution in [3.63, 3.8) is 0 Å². The lowest BCUT2D eigenvalue weighted by Crippen LogP contribution is -2.29. The van der Waals surface area contributed by atoms with Gasteiger partial charge in [0.25, 0.3) is 11.7 Å². The first-order valence-corrected chi connectivity index (χ1v) is 10.8. The second kappa shape index (κ2) is 7.92. The van der Waals surface area contributed by atoms with Crippen LogP contribution in [0.3, 0.4) is 0 Å². The number of aryl methyl sites for hydroxylation is 3. The van der Waals surface area contributed by atoms with Gasteiger partial charge in [-0.3, -0.25) is 14.5 Å². The van der Waals surface area contributed by atoms with E-state index < -0.39 is 17.7 Å². The van der Waals surface area contributed by atoms with Crippen molar-refractivity contribution < 1.29 is 14.7 Å². The minimum atomic E-state index is -0.663. The van der Waals surface area contributed by atoms with E-state index in [0.717, 1.165) is 28.0 Å². The Morgan fingerprint density at radius 2 is 1.77 bits per heavy atom. The molecule has 30 heavy (non-hydrogen) atoms. The van der Waals surface area contributed by atoms with E-state index in [2.05, 4.69) is 6.92 Å². The average molecular weight is 418 g/mol. The molecule has 1 aliphatic heterocycles. The maximum absolute atomic E-state index is 13.1. The third-order valence-electron chi connectivity index (χ3n) is 5.66. The molecular formula is C25H23NO3S. The standard InChI is InChI=1S/C25H23NO3S/c1-4-17-8-10-18(11-9-17)23(27)21-22(20-6-5-13-30-20)26(25(29)24(21)28)19-12-7-15(2)16(3)14-19/h5-14,22,27H,4H2,1-3H3/b23-21-. The zero-order valence-corrected chi connectivity index (χ0v) is 18.0. The van der Waals surface area contributed by atoms with Gasteiger partial charge in [-0.2, -0.15) is 0 Å². The quantitative estimate of drug-likeness (QED) is 0.344. The van der Waals surface area contributed by atoms with Gasteiger partial charge in [-0.1, -0.05) is 43.3 Å². The van der Waals surface area contributed by atoms with E-state index in [9.17, 15) is 14.7 Å². The number of hydrogen-bond acceptors (Lipinski definition) is 4. The van der Waals surface area contributed by atoms with Gasteiger partial charge >= 0.3 is 0 Å². The second-order valence-corrected chi connectivity index (χ2v) is 8.48. The molecule has 1 aliphatic rings. The van der Waals surface area contributed by atoms with E-state index in [1.165, 1.54) is 16.2 Å². The summed E-state index contributed by atoms with van der Waals surface area (Å²) in [4.78, 5) is 28.5. The number of ketones is 1. The van der Waals surface area contributed by atoms with E-state index in [4.69, 9.17) is 0 Å². The van der Waals surface area contributed by atoms with Crippen molar-refractivity contribution in [3.05, 3.63) is 92.7 Å². The smallest absolute Gasteiger partial charge is 0.300 e. The summed E-state index contributed by atoms with van der Waals surface area (Å²) in [6.45, 7) is 6.04. The Balaban J connectivity index is 1.90. The zero-order chi connectivity index (χ0) is 21.4. The fourth-order valence-corrected chi connectivity index (χ4v) is 4.57. The van der Waals surface area contributed by atoms with Crippen LogP contribution in [0.25, 0.3) is 5.76 Å². The normalized spacial score (nSPS) is 18.2. The van der Waals surface area contributed by atoms with Gasteiger partial charge in [-0.25, -0.2) is 0 Å². The molecule has 1 N–H and O–H groups in total. The molecule has 1 atom stereocenters. The highest BCUT2D eigenvalue weighted by Crippen LogP contribution is 2.43. The van der Waals surface area contributed by atoms with Crippen LogP contribution in [0, 0.1) is 13.8 Å². The molecule has 4 nitrogen and oxygen atoms in total. The minimum Gasteiger partial charge on any atom is -0.507 e. The van der Waals surface area contributed by atoms with Crippen LogP contribution in [0.5, 0.6) is 0 Å². The summed E-state index contributed by atoms with van der Waals surface area (Å²) in [6.07, 6.45) is 0.882. The van der Waals surface area contributed by atoms with Crippen LogP contribution in [0.15, 0.2) is 65.6 Å². The molecule has 1 aromatic heterocycles. The third kappa shape index (κ3) is 3.35. The number of aliphatic hydroxyl groups excluding tert-OH is 1. The van der Waals surface area contributed by atoms with Gasteiger partial charge in [0.05, 0.1) is 5.57 Å². The van der Waals surface area contributed by atoms with Crippen LogP contribution >= 0.6 is 11.3 Å². The first kappa shape index (κ1) is 20.1. The summed E-state index contributed by atoms with van der Waals surface area (Å²) in [6, 6.07) is 16.3. The molecule has 3 aromatic rings. The highest BCUT2D eigenvalue weighted by Gasteiger charge is 2.47. The fourth-order valence-electron chi connectivity index (χ4n) is 3.74.